The molecule has 3 heteroatoms. The summed E-state index contributed by atoms with van der Waals surface area (Å²) in [6, 6.07) is -0.0685. The summed E-state index contributed by atoms with van der Waals surface area (Å²) in [5.74, 6) is 0.750. The molecule has 17 heavy (non-hydrogen) atoms. The Morgan fingerprint density at radius 2 is 1.82 bits per heavy atom. The zero-order valence-corrected chi connectivity index (χ0v) is 12.4. The summed E-state index contributed by atoms with van der Waals surface area (Å²) < 4.78 is 0. The molecule has 0 rings (SSSR count). The molecule has 0 aliphatic heterocycles. The van der Waals surface area contributed by atoms with Gasteiger partial charge in [-0.3, -0.25) is 4.79 Å². The van der Waals surface area contributed by atoms with Gasteiger partial charge in [0.15, 0.2) is 0 Å². The normalized spacial score (nSPS) is 15.5. The average molecular weight is 242 g/mol. The first-order chi connectivity index (χ1) is 7.72. The first-order valence-electron chi connectivity index (χ1n) is 6.75. The van der Waals surface area contributed by atoms with Gasteiger partial charge in [-0.1, -0.05) is 41.0 Å². The largest absolute Gasteiger partial charge is 0.343 e. The Bertz CT molecular complexity index is 233. The third-order valence-corrected chi connectivity index (χ3v) is 3.47. The van der Waals surface area contributed by atoms with Gasteiger partial charge in [0, 0.05) is 25.6 Å². The molecule has 0 aliphatic carbocycles. The van der Waals surface area contributed by atoms with E-state index in [-0.39, 0.29) is 17.4 Å². The second kappa shape index (κ2) is 7.00. The lowest BCUT2D eigenvalue weighted by molar-refractivity contribution is -0.132. The minimum absolute atomic E-state index is 0.00849. The van der Waals surface area contributed by atoms with Crippen molar-refractivity contribution in [2.24, 2.45) is 17.1 Å². The maximum Gasteiger partial charge on any atom is 0.224 e. The Hall–Kier alpha value is -0.570. The molecule has 0 spiro atoms. The second-order valence-corrected chi connectivity index (χ2v) is 6.12. The Morgan fingerprint density at radius 3 is 2.18 bits per heavy atom. The van der Waals surface area contributed by atoms with Gasteiger partial charge in [0.25, 0.3) is 0 Å². The maximum atomic E-state index is 12.1. The van der Waals surface area contributed by atoms with Crippen molar-refractivity contribution in [1.82, 2.24) is 4.90 Å². The van der Waals surface area contributed by atoms with E-state index in [1.165, 1.54) is 0 Å². The van der Waals surface area contributed by atoms with Crippen LogP contribution < -0.4 is 5.73 Å². The first kappa shape index (κ1) is 16.4. The molecular formula is C14H30N2O. The number of amides is 1. The van der Waals surface area contributed by atoms with Crippen LogP contribution in [0.1, 0.15) is 54.4 Å². The van der Waals surface area contributed by atoms with Crippen molar-refractivity contribution in [3.05, 3.63) is 0 Å². The molecule has 0 aromatic rings. The molecular weight excluding hydrogens is 212 g/mol. The van der Waals surface area contributed by atoms with Gasteiger partial charge in [-0.2, -0.15) is 0 Å². The van der Waals surface area contributed by atoms with Gasteiger partial charge < -0.3 is 10.6 Å². The lowest BCUT2D eigenvalue weighted by atomic mass is 9.85. The minimum Gasteiger partial charge on any atom is -0.343 e. The number of nitrogens with zero attached hydrogens (tertiary/aromatic N) is 1. The fourth-order valence-electron chi connectivity index (χ4n) is 1.54. The van der Waals surface area contributed by atoms with Crippen molar-refractivity contribution < 1.29 is 4.79 Å². The molecule has 0 aromatic heterocycles. The zero-order valence-electron chi connectivity index (χ0n) is 12.4. The number of rotatable bonds is 6. The van der Waals surface area contributed by atoms with E-state index in [0.717, 1.165) is 19.5 Å². The molecule has 2 N–H and O–H groups in total. The minimum atomic E-state index is -0.0685. The van der Waals surface area contributed by atoms with E-state index >= 15 is 0 Å². The quantitative estimate of drug-likeness (QED) is 0.778. The lowest BCUT2D eigenvalue weighted by Gasteiger charge is -2.30. The van der Waals surface area contributed by atoms with Crippen molar-refractivity contribution in [3.8, 4) is 0 Å². The van der Waals surface area contributed by atoms with Crippen LogP contribution in [0.2, 0.25) is 0 Å². The molecule has 0 aliphatic rings. The second-order valence-electron chi connectivity index (χ2n) is 6.12. The maximum absolute atomic E-state index is 12.1. The number of hydrogen-bond donors (Lipinski definition) is 1. The topological polar surface area (TPSA) is 46.3 Å². The lowest BCUT2D eigenvalue weighted by Crippen LogP contribution is -2.42. The van der Waals surface area contributed by atoms with E-state index in [9.17, 15) is 4.79 Å². The van der Waals surface area contributed by atoms with Gasteiger partial charge in [-0.15, -0.1) is 0 Å². The van der Waals surface area contributed by atoms with E-state index in [2.05, 4.69) is 34.6 Å². The molecule has 0 fully saturated rings. The zero-order chi connectivity index (χ0) is 13.6. The molecule has 2 unspecified atom stereocenters. The van der Waals surface area contributed by atoms with E-state index in [1.807, 2.05) is 11.8 Å². The summed E-state index contributed by atoms with van der Waals surface area (Å²) >= 11 is 0. The van der Waals surface area contributed by atoms with Crippen LogP contribution in [-0.4, -0.2) is 29.9 Å². The van der Waals surface area contributed by atoms with Gasteiger partial charge in [0.2, 0.25) is 5.91 Å². The predicted molar refractivity (Wildman–Crippen MR) is 73.8 cm³/mol. The highest BCUT2D eigenvalue weighted by Gasteiger charge is 2.25. The summed E-state index contributed by atoms with van der Waals surface area (Å²) in [4.78, 5) is 14.1. The van der Waals surface area contributed by atoms with Gasteiger partial charge >= 0.3 is 0 Å². The number of nitrogens with two attached hydrogens (primary N) is 1. The highest BCUT2D eigenvalue weighted by molar-refractivity contribution is 5.76. The summed E-state index contributed by atoms with van der Waals surface area (Å²) in [5.41, 5.74) is 6.05. The monoisotopic (exact) mass is 242 g/mol. The fourth-order valence-corrected chi connectivity index (χ4v) is 1.54. The predicted octanol–water partition coefficient (Wildman–Crippen LogP) is 2.64. The van der Waals surface area contributed by atoms with Crippen LogP contribution in [0.5, 0.6) is 0 Å². The third kappa shape index (κ3) is 6.06. The van der Waals surface area contributed by atoms with Crippen molar-refractivity contribution in [1.29, 1.82) is 0 Å². The molecule has 0 heterocycles. The summed E-state index contributed by atoms with van der Waals surface area (Å²) in [6.07, 6.45) is 1.56. The number of carbonyl (C=O) groups is 1. The highest BCUT2D eigenvalue weighted by Crippen LogP contribution is 2.20. The Labute approximate surface area is 107 Å². The Kier molecular flexibility index (Phi) is 6.76. The van der Waals surface area contributed by atoms with Gasteiger partial charge in [0.05, 0.1) is 0 Å². The van der Waals surface area contributed by atoms with E-state index in [1.54, 1.807) is 0 Å². The summed E-state index contributed by atoms with van der Waals surface area (Å²) in [6.45, 7) is 14.2. The Balaban J connectivity index is 4.36. The van der Waals surface area contributed by atoms with E-state index in [4.69, 9.17) is 5.73 Å². The number of hydrogen-bond acceptors (Lipinski definition) is 2. The Morgan fingerprint density at radius 1 is 1.29 bits per heavy atom. The molecule has 3 nitrogen and oxygen atoms in total. The van der Waals surface area contributed by atoms with Crippen LogP contribution in [0.4, 0.5) is 0 Å². The average Bonchev–Trinajstić information content (AvgIpc) is 2.23. The molecule has 2 atom stereocenters. The van der Waals surface area contributed by atoms with E-state index in [0.29, 0.717) is 12.3 Å². The van der Waals surface area contributed by atoms with Crippen molar-refractivity contribution >= 4 is 5.91 Å². The van der Waals surface area contributed by atoms with Crippen LogP contribution in [0.25, 0.3) is 0 Å². The molecule has 0 saturated heterocycles. The van der Waals surface area contributed by atoms with Crippen LogP contribution >= 0.6 is 0 Å². The first-order valence-corrected chi connectivity index (χ1v) is 6.75. The standard InChI is InChI=1S/C14H30N2O/c1-7-11(3)10-16(8-2)13(17)9-12(15)14(4,5)6/h11-12H,7-10,15H2,1-6H3. The van der Waals surface area contributed by atoms with Crippen LogP contribution in [0.3, 0.4) is 0 Å². The van der Waals surface area contributed by atoms with Crippen molar-refractivity contribution in [2.75, 3.05) is 13.1 Å². The van der Waals surface area contributed by atoms with E-state index < -0.39 is 0 Å². The van der Waals surface area contributed by atoms with Crippen LogP contribution in [0.15, 0.2) is 0 Å². The van der Waals surface area contributed by atoms with Gasteiger partial charge in [-0.05, 0) is 18.3 Å². The highest BCUT2D eigenvalue weighted by atomic mass is 16.2. The smallest absolute Gasteiger partial charge is 0.224 e. The third-order valence-electron chi connectivity index (χ3n) is 3.47. The summed E-state index contributed by atoms with van der Waals surface area (Å²) in [5, 5.41) is 0. The molecule has 0 bridgehead atoms. The molecule has 0 radical (unpaired) electrons. The molecule has 102 valence electrons. The number of carbonyl (C=O) groups excluding carboxylic acids is 1. The molecule has 1 amide bonds. The molecule has 0 aromatic carbocycles. The van der Waals surface area contributed by atoms with Gasteiger partial charge in [-0.25, -0.2) is 0 Å². The van der Waals surface area contributed by atoms with Crippen molar-refractivity contribution in [3.63, 3.8) is 0 Å². The molecule has 0 saturated carbocycles. The fraction of sp³-hybridized carbons (Fsp3) is 0.929. The van der Waals surface area contributed by atoms with Gasteiger partial charge in [0.1, 0.15) is 0 Å². The van der Waals surface area contributed by atoms with Crippen LogP contribution in [0, 0.1) is 11.3 Å². The van der Waals surface area contributed by atoms with Crippen LogP contribution in [-0.2, 0) is 4.79 Å². The van der Waals surface area contributed by atoms with Crippen molar-refractivity contribution in [2.45, 2.75) is 60.4 Å². The summed E-state index contributed by atoms with van der Waals surface area (Å²) in [7, 11) is 0. The SMILES string of the molecule is CCC(C)CN(CC)C(=O)CC(N)C(C)(C)C.